The van der Waals surface area contributed by atoms with Gasteiger partial charge in [-0.2, -0.15) is 0 Å². The average molecular weight is 413 g/mol. The molecule has 0 saturated carbocycles. The summed E-state index contributed by atoms with van der Waals surface area (Å²) in [5.74, 6) is 0. The topological polar surface area (TPSA) is 44.0 Å². The van der Waals surface area contributed by atoms with E-state index in [1.807, 2.05) is 36.5 Å². The van der Waals surface area contributed by atoms with Crippen molar-refractivity contribution in [3.05, 3.63) is 82.3 Å². The van der Waals surface area contributed by atoms with Crippen molar-refractivity contribution in [2.75, 3.05) is 4.90 Å². The molecule has 0 aliphatic carbocycles. The molecule has 3 aromatic rings. The number of nitrogens with zero attached hydrogens (tertiary/aromatic N) is 2. The van der Waals surface area contributed by atoms with Crippen molar-refractivity contribution < 1.29 is 0 Å². The van der Waals surface area contributed by atoms with Crippen molar-refractivity contribution in [2.45, 2.75) is 19.0 Å². The lowest BCUT2D eigenvalue weighted by Gasteiger charge is -2.27. The van der Waals surface area contributed by atoms with E-state index in [1.165, 1.54) is 0 Å². The third-order valence-electron chi connectivity index (χ3n) is 4.38. The minimum absolute atomic E-state index is 0.0114. The summed E-state index contributed by atoms with van der Waals surface area (Å²) in [6, 6.07) is 18.4. The van der Waals surface area contributed by atoms with Gasteiger partial charge in [0.05, 0.1) is 11.7 Å². The fraction of sp³-hybridized carbons (Fsp3) is 0.158. The van der Waals surface area contributed by atoms with E-state index in [0.29, 0.717) is 5.11 Å². The quantitative estimate of drug-likeness (QED) is 0.614. The van der Waals surface area contributed by atoms with E-state index < -0.39 is 0 Å². The molecule has 0 bridgehead atoms. The second-order valence-electron chi connectivity index (χ2n) is 6.07. The zero-order valence-electron chi connectivity index (χ0n) is 13.6. The first-order valence-corrected chi connectivity index (χ1v) is 9.25. The van der Waals surface area contributed by atoms with Gasteiger partial charge in [0.15, 0.2) is 5.11 Å². The number of nitrogens with one attached hydrogen (secondary N) is 2. The number of thiocarbonyl (C=S) groups is 1. The molecular formula is C19H17BrN4S. The third-order valence-corrected chi connectivity index (χ3v) is 5.22. The molecule has 2 atom stereocenters. The summed E-state index contributed by atoms with van der Waals surface area (Å²) in [5, 5.41) is 4.16. The SMILES string of the molecule is Cc1ccc([C@@H]2[C@@H](c3ccccn3)NC(=S)N2c2ccc(Br)cc2)[nH]1. The van der Waals surface area contributed by atoms with Crippen LogP contribution < -0.4 is 10.2 Å². The van der Waals surface area contributed by atoms with Crippen LogP contribution in [0.4, 0.5) is 5.69 Å². The van der Waals surface area contributed by atoms with Crippen LogP contribution in [-0.4, -0.2) is 15.1 Å². The highest BCUT2D eigenvalue weighted by Crippen LogP contribution is 2.41. The van der Waals surface area contributed by atoms with Crippen LogP contribution in [0.25, 0.3) is 0 Å². The van der Waals surface area contributed by atoms with Crippen molar-refractivity contribution in [1.29, 1.82) is 0 Å². The van der Waals surface area contributed by atoms with E-state index in [1.54, 1.807) is 0 Å². The fourth-order valence-corrected chi connectivity index (χ4v) is 3.86. The number of aryl methyl sites for hydroxylation is 1. The van der Waals surface area contributed by atoms with E-state index >= 15 is 0 Å². The Morgan fingerprint density at radius 2 is 1.88 bits per heavy atom. The van der Waals surface area contributed by atoms with Crippen molar-refractivity contribution in [2.24, 2.45) is 0 Å². The molecule has 6 heteroatoms. The van der Waals surface area contributed by atoms with Gasteiger partial charge in [-0.3, -0.25) is 4.98 Å². The van der Waals surface area contributed by atoms with Crippen LogP contribution in [0.3, 0.4) is 0 Å². The van der Waals surface area contributed by atoms with Gasteiger partial charge in [0, 0.05) is 27.7 Å². The van der Waals surface area contributed by atoms with Crippen LogP contribution in [-0.2, 0) is 0 Å². The Kier molecular flexibility index (Phi) is 4.31. The van der Waals surface area contributed by atoms with Crippen molar-refractivity contribution in [3.63, 3.8) is 0 Å². The van der Waals surface area contributed by atoms with E-state index in [9.17, 15) is 0 Å². The lowest BCUT2D eigenvalue weighted by Crippen LogP contribution is -2.29. The molecule has 2 aromatic heterocycles. The number of rotatable bonds is 3. The van der Waals surface area contributed by atoms with Crippen LogP contribution in [0.5, 0.6) is 0 Å². The van der Waals surface area contributed by atoms with E-state index in [0.717, 1.165) is 27.2 Å². The molecule has 126 valence electrons. The highest BCUT2D eigenvalue weighted by molar-refractivity contribution is 9.10. The number of pyridine rings is 1. The predicted octanol–water partition coefficient (Wildman–Crippen LogP) is 4.66. The molecule has 4 nitrogen and oxygen atoms in total. The maximum Gasteiger partial charge on any atom is 0.174 e. The van der Waals surface area contributed by atoms with Gasteiger partial charge in [-0.15, -0.1) is 0 Å². The maximum absolute atomic E-state index is 5.68. The zero-order chi connectivity index (χ0) is 17.4. The second kappa shape index (κ2) is 6.61. The van der Waals surface area contributed by atoms with Gasteiger partial charge in [0.25, 0.3) is 0 Å². The minimum atomic E-state index is -0.0182. The molecule has 1 aliphatic heterocycles. The van der Waals surface area contributed by atoms with E-state index in [-0.39, 0.29) is 12.1 Å². The first-order chi connectivity index (χ1) is 12.1. The summed E-state index contributed by atoms with van der Waals surface area (Å²) in [7, 11) is 0. The van der Waals surface area contributed by atoms with Gasteiger partial charge < -0.3 is 15.2 Å². The number of hydrogen-bond donors (Lipinski definition) is 2. The summed E-state index contributed by atoms with van der Waals surface area (Å²) < 4.78 is 1.04. The number of aromatic amines is 1. The van der Waals surface area contributed by atoms with E-state index in [2.05, 4.69) is 67.3 Å². The molecule has 2 N–H and O–H groups in total. The Morgan fingerprint density at radius 3 is 2.52 bits per heavy atom. The number of aromatic nitrogens is 2. The Balaban J connectivity index is 1.81. The Morgan fingerprint density at radius 1 is 1.08 bits per heavy atom. The van der Waals surface area contributed by atoms with Crippen molar-refractivity contribution in [3.8, 4) is 0 Å². The Bertz CT molecular complexity index is 891. The van der Waals surface area contributed by atoms with Crippen LogP contribution >= 0.6 is 28.1 Å². The molecule has 0 amide bonds. The third kappa shape index (κ3) is 3.07. The van der Waals surface area contributed by atoms with Gasteiger partial charge >= 0.3 is 0 Å². The number of hydrogen-bond acceptors (Lipinski definition) is 2. The van der Waals surface area contributed by atoms with Gasteiger partial charge in [-0.05, 0) is 67.7 Å². The Labute approximate surface area is 160 Å². The highest BCUT2D eigenvalue weighted by atomic mass is 79.9. The van der Waals surface area contributed by atoms with Crippen LogP contribution in [0.2, 0.25) is 0 Å². The van der Waals surface area contributed by atoms with Crippen LogP contribution in [0, 0.1) is 6.92 Å². The fourth-order valence-electron chi connectivity index (χ4n) is 3.25. The first kappa shape index (κ1) is 16.3. The predicted molar refractivity (Wildman–Crippen MR) is 108 cm³/mol. The monoisotopic (exact) mass is 412 g/mol. The summed E-state index contributed by atoms with van der Waals surface area (Å²) in [6.07, 6.45) is 1.82. The van der Waals surface area contributed by atoms with Gasteiger partial charge in [0.1, 0.15) is 6.04 Å². The highest BCUT2D eigenvalue weighted by Gasteiger charge is 2.41. The molecule has 4 rings (SSSR count). The van der Waals surface area contributed by atoms with E-state index in [4.69, 9.17) is 12.2 Å². The molecule has 1 aliphatic rings. The van der Waals surface area contributed by atoms with Crippen molar-refractivity contribution >= 4 is 38.9 Å². The number of benzene rings is 1. The van der Waals surface area contributed by atoms with Gasteiger partial charge in [-0.25, -0.2) is 0 Å². The summed E-state index contributed by atoms with van der Waals surface area (Å²) >= 11 is 9.18. The summed E-state index contributed by atoms with van der Waals surface area (Å²) in [5.41, 5.74) is 4.27. The van der Waals surface area contributed by atoms with Gasteiger partial charge in [-0.1, -0.05) is 22.0 Å². The molecule has 25 heavy (non-hydrogen) atoms. The minimum Gasteiger partial charge on any atom is -0.361 e. The molecular weight excluding hydrogens is 396 g/mol. The zero-order valence-corrected chi connectivity index (χ0v) is 16.0. The van der Waals surface area contributed by atoms with Crippen LogP contribution in [0.15, 0.2) is 65.3 Å². The first-order valence-electron chi connectivity index (χ1n) is 8.05. The molecule has 0 unspecified atom stereocenters. The maximum atomic E-state index is 5.68. The smallest absolute Gasteiger partial charge is 0.174 e. The lowest BCUT2D eigenvalue weighted by molar-refractivity contribution is 0.558. The largest absolute Gasteiger partial charge is 0.361 e. The standard InChI is InChI=1S/C19H17BrN4S/c1-12-5-10-16(22-12)18-17(15-4-2-3-11-21-15)23-19(25)24(18)14-8-6-13(20)7-9-14/h2-11,17-18,22H,1H3,(H,23,25)/t17-,18-/m1/s1. The van der Waals surface area contributed by atoms with Crippen LogP contribution in [0.1, 0.15) is 29.2 Å². The second-order valence-corrected chi connectivity index (χ2v) is 7.37. The summed E-state index contributed by atoms with van der Waals surface area (Å²) in [4.78, 5) is 10.2. The average Bonchev–Trinajstić information content (AvgIpc) is 3.20. The van der Waals surface area contributed by atoms with Crippen molar-refractivity contribution in [1.82, 2.24) is 15.3 Å². The summed E-state index contributed by atoms with van der Waals surface area (Å²) in [6.45, 7) is 2.06. The molecule has 1 saturated heterocycles. The number of H-pyrrole nitrogens is 1. The molecule has 0 radical (unpaired) electrons. The lowest BCUT2D eigenvalue weighted by atomic mass is 10.0. The molecule has 3 heterocycles. The molecule has 0 spiro atoms. The normalized spacial score (nSPS) is 19.9. The Hall–Kier alpha value is -2.18. The molecule has 1 aromatic carbocycles. The number of anilines is 1. The van der Waals surface area contributed by atoms with Gasteiger partial charge in [0.2, 0.25) is 0 Å². The number of halogens is 1. The molecule has 1 fully saturated rings.